The molecule has 0 radical (unpaired) electrons. The van der Waals surface area contributed by atoms with Gasteiger partial charge in [-0.3, -0.25) is 4.79 Å². The second kappa shape index (κ2) is 5.69. The third-order valence-corrected chi connectivity index (χ3v) is 5.91. The lowest BCUT2D eigenvalue weighted by atomic mass is 10.1. The molecular formula is C15H17N3OS2. The third kappa shape index (κ3) is 3.06. The maximum Gasteiger partial charge on any atom is 0.242 e. The fourth-order valence-corrected chi connectivity index (χ4v) is 4.23. The largest absolute Gasteiger partial charge is 0.399 e. The number of benzene rings is 1. The number of aromatic nitrogens is 1. The molecule has 1 aliphatic heterocycles. The fourth-order valence-electron chi connectivity index (χ4n) is 2.31. The maximum atomic E-state index is 12.3. The minimum absolute atomic E-state index is 0.0585. The first-order valence-corrected chi connectivity index (χ1v) is 8.70. The van der Waals surface area contributed by atoms with Crippen LogP contribution in [0.15, 0.2) is 29.6 Å². The molecule has 1 atom stereocenters. The van der Waals surface area contributed by atoms with Crippen LogP contribution in [-0.2, 0) is 4.79 Å². The van der Waals surface area contributed by atoms with Crippen LogP contribution in [0.1, 0.15) is 19.8 Å². The monoisotopic (exact) mass is 319 g/mol. The predicted octanol–water partition coefficient (Wildman–Crippen LogP) is 3.62. The molecule has 3 rings (SSSR count). The number of carbonyl (C=O) groups excluding carboxylic acids is 1. The van der Waals surface area contributed by atoms with E-state index in [-0.39, 0.29) is 10.7 Å². The van der Waals surface area contributed by atoms with E-state index in [2.05, 4.69) is 10.3 Å². The molecule has 110 valence electrons. The van der Waals surface area contributed by atoms with Crippen LogP contribution in [0.5, 0.6) is 0 Å². The van der Waals surface area contributed by atoms with Gasteiger partial charge in [-0.2, -0.15) is 0 Å². The quantitative estimate of drug-likeness (QED) is 0.848. The number of thioether (sulfide) groups is 1. The van der Waals surface area contributed by atoms with Gasteiger partial charge < -0.3 is 11.1 Å². The Balaban J connectivity index is 1.73. The van der Waals surface area contributed by atoms with Gasteiger partial charge in [0.15, 0.2) is 5.13 Å². The highest BCUT2D eigenvalue weighted by Crippen LogP contribution is 2.39. The molecule has 0 bridgehead atoms. The number of nitrogen functional groups attached to an aromatic ring is 1. The molecule has 1 amide bonds. The van der Waals surface area contributed by atoms with E-state index in [0.717, 1.165) is 35.5 Å². The molecule has 1 fully saturated rings. The van der Waals surface area contributed by atoms with Gasteiger partial charge in [0.1, 0.15) is 0 Å². The van der Waals surface area contributed by atoms with Crippen molar-refractivity contribution in [1.82, 2.24) is 4.98 Å². The molecule has 0 aliphatic carbocycles. The zero-order chi connectivity index (χ0) is 14.9. The van der Waals surface area contributed by atoms with Crippen LogP contribution in [0.2, 0.25) is 0 Å². The molecule has 3 N–H and O–H groups in total. The average Bonchev–Trinajstić information content (AvgIpc) is 3.10. The number of rotatable bonds is 3. The summed E-state index contributed by atoms with van der Waals surface area (Å²) in [6.45, 7) is 2.01. The Morgan fingerprint density at radius 2 is 2.14 bits per heavy atom. The number of hydrogen-bond acceptors (Lipinski definition) is 5. The molecule has 4 nitrogen and oxygen atoms in total. The lowest BCUT2D eigenvalue weighted by Crippen LogP contribution is -2.34. The zero-order valence-electron chi connectivity index (χ0n) is 11.8. The van der Waals surface area contributed by atoms with Crippen molar-refractivity contribution in [1.29, 1.82) is 0 Å². The Bertz CT molecular complexity index is 645. The normalized spacial score (nSPS) is 21.4. The average molecular weight is 319 g/mol. The topological polar surface area (TPSA) is 68.0 Å². The van der Waals surface area contributed by atoms with Gasteiger partial charge in [-0.05, 0) is 37.7 Å². The minimum atomic E-state index is -0.312. The molecule has 1 aliphatic rings. The first kappa shape index (κ1) is 14.4. The van der Waals surface area contributed by atoms with Crippen molar-refractivity contribution in [2.45, 2.75) is 24.5 Å². The van der Waals surface area contributed by atoms with Crippen LogP contribution in [0.4, 0.5) is 10.8 Å². The Morgan fingerprint density at radius 1 is 1.38 bits per heavy atom. The number of anilines is 2. The first-order chi connectivity index (χ1) is 10.1. The SMILES string of the molecule is CC1(C(=O)Nc2nc(-c3ccc(N)cc3)cs2)CCCS1. The number of nitrogens with two attached hydrogens (primary N) is 1. The predicted molar refractivity (Wildman–Crippen MR) is 90.7 cm³/mol. The summed E-state index contributed by atoms with van der Waals surface area (Å²) in [6.07, 6.45) is 2.03. The first-order valence-electron chi connectivity index (χ1n) is 6.84. The molecular weight excluding hydrogens is 302 g/mol. The van der Waals surface area contributed by atoms with E-state index >= 15 is 0 Å². The van der Waals surface area contributed by atoms with Gasteiger partial charge in [0.05, 0.1) is 10.4 Å². The summed E-state index contributed by atoms with van der Waals surface area (Å²) in [6, 6.07) is 7.57. The van der Waals surface area contributed by atoms with Crippen LogP contribution >= 0.6 is 23.1 Å². The van der Waals surface area contributed by atoms with Crippen molar-refractivity contribution in [3.05, 3.63) is 29.6 Å². The number of nitrogens with zero attached hydrogens (tertiary/aromatic N) is 1. The molecule has 21 heavy (non-hydrogen) atoms. The molecule has 1 aromatic heterocycles. The van der Waals surface area contributed by atoms with Crippen molar-refractivity contribution < 1.29 is 4.79 Å². The van der Waals surface area contributed by atoms with Crippen LogP contribution in [0.25, 0.3) is 11.3 Å². The summed E-state index contributed by atoms with van der Waals surface area (Å²) < 4.78 is -0.312. The van der Waals surface area contributed by atoms with E-state index < -0.39 is 0 Å². The van der Waals surface area contributed by atoms with Gasteiger partial charge in [-0.1, -0.05) is 12.1 Å². The van der Waals surface area contributed by atoms with E-state index in [1.165, 1.54) is 11.3 Å². The third-order valence-electron chi connectivity index (χ3n) is 3.63. The smallest absolute Gasteiger partial charge is 0.242 e. The van der Waals surface area contributed by atoms with Gasteiger partial charge in [0.25, 0.3) is 0 Å². The van der Waals surface area contributed by atoms with Gasteiger partial charge in [0, 0.05) is 16.6 Å². The fraction of sp³-hybridized carbons (Fsp3) is 0.333. The highest BCUT2D eigenvalue weighted by atomic mass is 32.2. The number of amides is 1. The summed E-state index contributed by atoms with van der Waals surface area (Å²) >= 11 is 3.18. The maximum absolute atomic E-state index is 12.3. The van der Waals surface area contributed by atoms with Gasteiger partial charge in [-0.15, -0.1) is 23.1 Å². The van der Waals surface area contributed by atoms with Gasteiger partial charge in [0.2, 0.25) is 5.91 Å². The van der Waals surface area contributed by atoms with Crippen LogP contribution in [0.3, 0.4) is 0 Å². The second-order valence-electron chi connectivity index (χ2n) is 5.30. The number of carbonyl (C=O) groups is 1. The minimum Gasteiger partial charge on any atom is -0.399 e. The summed E-state index contributed by atoms with van der Waals surface area (Å²) in [5.74, 6) is 1.11. The lowest BCUT2D eigenvalue weighted by molar-refractivity contribution is -0.118. The van der Waals surface area contributed by atoms with E-state index in [9.17, 15) is 4.79 Å². The van der Waals surface area contributed by atoms with Crippen LogP contribution < -0.4 is 11.1 Å². The van der Waals surface area contributed by atoms with Crippen LogP contribution in [0, 0.1) is 0 Å². The van der Waals surface area contributed by atoms with E-state index in [0.29, 0.717) is 5.13 Å². The number of hydrogen-bond donors (Lipinski definition) is 2. The Labute approximate surface area is 132 Å². The molecule has 6 heteroatoms. The molecule has 1 unspecified atom stereocenters. The second-order valence-corrected chi connectivity index (χ2v) is 7.75. The van der Waals surface area contributed by atoms with E-state index in [1.807, 2.05) is 36.6 Å². The van der Waals surface area contributed by atoms with E-state index in [1.54, 1.807) is 11.8 Å². The van der Waals surface area contributed by atoms with Crippen molar-refractivity contribution in [3.63, 3.8) is 0 Å². The summed E-state index contributed by atoms with van der Waals surface area (Å²) in [7, 11) is 0. The van der Waals surface area contributed by atoms with E-state index in [4.69, 9.17) is 5.73 Å². The van der Waals surface area contributed by atoms with Crippen molar-refractivity contribution >= 4 is 39.8 Å². The summed E-state index contributed by atoms with van der Waals surface area (Å²) in [4.78, 5) is 16.8. The number of thiazole rings is 1. The zero-order valence-corrected chi connectivity index (χ0v) is 13.4. The molecule has 2 heterocycles. The Kier molecular flexibility index (Phi) is 3.91. The van der Waals surface area contributed by atoms with Crippen molar-refractivity contribution in [2.75, 3.05) is 16.8 Å². The summed E-state index contributed by atoms with van der Waals surface area (Å²) in [5, 5.41) is 5.55. The van der Waals surface area contributed by atoms with Crippen LogP contribution in [-0.4, -0.2) is 21.4 Å². The van der Waals surface area contributed by atoms with Crippen molar-refractivity contribution in [2.24, 2.45) is 0 Å². The standard InChI is InChI=1S/C15H17N3OS2/c1-15(7-2-8-21-15)13(19)18-14-17-12(9-20-14)10-3-5-11(16)6-4-10/h3-6,9H,2,7-8,16H2,1H3,(H,17,18,19). The summed E-state index contributed by atoms with van der Waals surface area (Å²) in [5.41, 5.74) is 8.28. The Hall–Kier alpha value is -1.53. The molecule has 2 aromatic rings. The highest BCUT2D eigenvalue weighted by Gasteiger charge is 2.37. The molecule has 1 aromatic carbocycles. The van der Waals surface area contributed by atoms with Gasteiger partial charge in [-0.25, -0.2) is 4.98 Å². The Morgan fingerprint density at radius 3 is 2.81 bits per heavy atom. The lowest BCUT2D eigenvalue weighted by Gasteiger charge is -2.20. The number of nitrogens with one attached hydrogen (secondary N) is 1. The highest BCUT2D eigenvalue weighted by molar-refractivity contribution is 8.01. The van der Waals surface area contributed by atoms with Crippen molar-refractivity contribution in [3.8, 4) is 11.3 Å². The molecule has 1 saturated heterocycles. The van der Waals surface area contributed by atoms with Gasteiger partial charge >= 0.3 is 0 Å². The molecule has 0 spiro atoms. The molecule has 0 saturated carbocycles.